The van der Waals surface area contributed by atoms with Crippen LogP contribution in [-0.4, -0.2) is 26.5 Å². The van der Waals surface area contributed by atoms with Gasteiger partial charge in [0.15, 0.2) is 0 Å². The Hall–Kier alpha value is -0.130. The fourth-order valence-corrected chi connectivity index (χ4v) is 2.18. The molecular weight excluding hydrogens is 200 g/mol. The van der Waals surface area contributed by atoms with Crippen LogP contribution in [0.15, 0.2) is 0 Å². The molecular formula is C9H22N2O2S. The van der Waals surface area contributed by atoms with Crippen LogP contribution in [0.2, 0.25) is 0 Å². The second-order valence-electron chi connectivity index (χ2n) is 5.06. The van der Waals surface area contributed by atoms with E-state index in [2.05, 4.69) is 26.2 Å². The highest BCUT2D eigenvalue weighted by molar-refractivity contribution is 7.90. The van der Waals surface area contributed by atoms with Gasteiger partial charge in [-0.25, -0.2) is 8.42 Å². The predicted molar refractivity (Wildman–Crippen MR) is 59.5 cm³/mol. The maximum atomic E-state index is 11.0. The zero-order valence-electron chi connectivity index (χ0n) is 9.50. The third kappa shape index (κ3) is 8.47. The van der Waals surface area contributed by atoms with Crippen LogP contribution in [0.4, 0.5) is 0 Å². The molecule has 0 spiro atoms. The Labute approximate surface area is 87.1 Å². The first kappa shape index (κ1) is 13.9. The van der Waals surface area contributed by atoms with Gasteiger partial charge >= 0.3 is 0 Å². The van der Waals surface area contributed by atoms with Crippen LogP contribution in [0.5, 0.6) is 0 Å². The van der Waals surface area contributed by atoms with Crippen LogP contribution in [0.1, 0.15) is 33.6 Å². The third-order valence-corrected chi connectivity index (χ3v) is 2.99. The maximum Gasteiger partial charge on any atom is 0.149 e. The van der Waals surface area contributed by atoms with Crippen LogP contribution in [0.25, 0.3) is 0 Å². The van der Waals surface area contributed by atoms with E-state index in [1.165, 1.54) is 6.26 Å². The van der Waals surface area contributed by atoms with Gasteiger partial charge in [-0.2, -0.15) is 0 Å². The van der Waals surface area contributed by atoms with Crippen molar-refractivity contribution in [2.75, 3.05) is 12.0 Å². The molecule has 14 heavy (non-hydrogen) atoms. The Balaban J connectivity index is 4.06. The smallest absolute Gasteiger partial charge is 0.149 e. The molecule has 0 bridgehead atoms. The quantitative estimate of drug-likeness (QED) is 0.530. The molecule has 0 fully saturated rings. The topological polar surface area (TPSA) is 72.2 Å². The molecule has 86 valence electrons. The largest absolute Gasteiger partial charge is 0.271 e. The average molecular weight is 222 g/mol. The van der Waals surface area contributed by atoms with Crippen LogP contribution in [0.3, 0.4) is 0 Å². The summed E-state index contributed by atoms with van der Waals surface area (Å²) >= 11 is 0. The summed E-state index contributed by atoms with van der Waals surface area (Å²) in [7, 11) is -2.95. The number of hydrogen-bond acceptors (Lipinski definition) is 4. The van der Waals surface area contributed by atoms with Gasteiger partial charge in [-0.1, -0.05) is 20.8 Å². The highest BCUT2D eigenvalue weighted by atomic mass is 32.2. The Morgan fingerprint density at radius 3 is 2.14 bits per heavy atom. The number of rotatable bonds is 5. The summed E-state index contributed by atoms with van der Waals surface area (Å²) in [6.45, 7) is 6.38. The molecule has 0 aliphatic carbocycles. The number of hydrogen-bond donors (Lipinski definition) is 2. The monoisotopic (exact) mass is 222 g/mol. The Morgan fingerprint density at radius 2 is 1.86 bits per heavy atom. The van der Waals surface area contributed by atoms with Gasteiger partial charge in [-0.3, -0.25) is 11.3 Å². The van der Waals surface area contributed by atoms with Gasteiger partial charge in [-0.05, 0) is 18.3 Å². The molecule has 0 heterocycles. The first-order chi connectivity index (χ1) is 6.14. The highest BCUT2D eigenvalue weighted by Gasteiger charge is 2.17. The summed E-state index contributed by atoms with van der Waals surface area (Å²) in [6, 6.07) is -0.135. The van der Waals surface area contributed by atoms with Gasteiger partial charge in [0, 0.05) is 12.3 Å². The lowest BCUT2D eigenvalue weighted by molar-refractivity contribution is 0.338. The van der Waals surface area contributed by atoms with E-state index in [0.717, 1.165) is 12.8 Å². The van der Waals surface area contributed by atoms with Crippen molar-refractivity contribution in [3.8, 4) is 0 Å². The van der Waals surface area contributed by atoms with Crippen LogP contribution >= 0.6 is 0 Å². The van der Waals surface area contributed by atoms with Gasteiger partial charge in [0.25, 0.3) is 0 Å². The Kier molecular flexibility index (Phi) is 5.05. The number of sulfone groups is 1. The van der Waals surface area contributed by atoms with Crippen molar-refractivity contribution in [2.45, 2.75) is 39.7 Å². The summed E-state index contributed by atoms with van der Waals surface area (Å²) in [5, 5.41) is 0. The molecule has 0 radical (unpaired) electrons. The van der Waals surface area contributed by atoms with E-state index in [-0.39, 0.29) is 17.2 Å². The van der Waals surface area contributed by atoms with Crippen molar-refractivity contribution in [3.05, 3.63) is 0 Å². The molecule has 1 unspecified atom stereocenters. The zero-order chi connectivity index (χ0) is 11.4. The van der Waals surface area contributed by atoms with Crippen molar-refractivity contribution in [2.24, 2.45) is 11.3 Å². The fraction of sp³-hybridized carbons (Fsp3) is 1.00. The third-order valence-electron chi connectivity index (χ3n) is 1.98. The first-order valence-corrected chi connectivity index (χ1v) is 6.84. The van der Waals surface area contributed by atoms with E-state index < -0.39 is 9.84 Å². The van der Waals surface area contributed by atoms with E-state index in [1.807, 2.05) is 0 Å². The molecule has 0 rings (SSSR count). The molecule has 0 aliphatic rings. The summed E-state index contributed by atoms with van der Waals surface area (Å²) < 4.78 is 22.1. The predicted octanol–water partition coefficient (Wildman–Crippen LogP) is 0.689. The van der Waals surface area contributed by atoms with Crippen molar-refractivity contribution in [1.82, 2.24) is 5.43 Å². The van der Waals surface area contributed by atoms with E-state index >= 15 is 0 Å². The van der Waals surface area contributed by atoms with Crippen LogP contribution in [-0.2, 0) is 9.84 Å². The van der Waals surface area contributed by atoms with Gasteiger partial charge in [-0.15, -0.1) is 0 Å². The molecule has 0 saturated carbocycles. The maximum absolute atomic E-state index is 11.0. The van der Waals surface area contributed by atoms with E-state index in [1.54, 1.807) is 0 Å². The molecule has 0 aromatic heterocycles. The van der Waals surface area contributed by atoms with Gasteiger partial charge < -0.3 is 0 Å². The normalized spacial score (nSPS) is 15.5. The number of nitrogens with one attached hydrogen (secondary N) is 1. The molecule has 0 aliphatic heterocycles. The SMILES string of the molecule is CC(C)(C)CCC(CS(C)(=O)=O)NN. The average Bonchev–Trinajstić information content (AvgIpc) is 1.94. The Bertz CT molecular complexity index is 254. The fourth-order valence-electron chi connectivity index (χ4n) is 1.19. The molecule has 0 aromatic rings. The van der Waals surface area contributed by atoms with Crippen molar-refractivity contribution >= 4 is 9.84 Å². The van der Waals surface area contributed by atoms with Crippen LogP contribution in [0, 0.1) is 5.41 Å². The summed E-state index contributed by atoms with van der Waals surface area (Å²) in [6.07, 6.45) is 2.97. The minimum Gasteiger partial charge on any atom is -0.271 e. The second-order valence-corrected chi connectivity index (χ2v) is 7.24. The van der Waals surface area contributed by atoms with Crippen molar-refractivity contribution in [1.29, 1.82) is 0 Å². The zero-order valence-corrected chi connectivity index (χ0v) is 10.3. The van der Waals surface area contributed by atoms with Gasteiger partial charge in [0.1, 0.15) is 9.84 Å². The highest BCUT2D eigenvalue weighted by Crippen LogP contribution is 2.21. The minimum atomic E-state index is -2.95. The molecule has 1 atom stereocenters. The lowest BCUT2D eigenvalue weighted by Gasteiger charge is -2.22. The molecule has 0 aromatic carbocycles. The van der Waals surface area contributed by atoms with E-state index in [0.29, 0.717) is 0 Å². The number of nitrogens with two attached hydrogens (primary N) is 1. The second kappa shape index (κ2) is 5.09. The lowest BCUT2D eigenvalue weighted by atomic mass is 9.89. The summed E-state index contributed by atoms with van der Waals surface area (Å²) in [5.41, 5.74) is 2.77. The molecule has 0 amide bonds. The van der Waals surface area contributed by atoms with Gasteiger partial charge in [0.05, 0.1) is 5.75 Å². The van der Waals surface area contributed by atoms with Crippen molar-refractivity contribution < 1.29 is 8.42 Å². The molecule has 3 N–H and O–H groups in total. The lowest BCUT2D eigenvalue weighted by Crippen LogP contribution is -2.40. The summed E-state index contributed by atoms with van der Waals surface area (Å²) in [4.78, 5) is 0. The first-order valence-electron chi connectivity index (χ1n) is 4.78. The minimum absolute atomic E-state index is 0.111. The molecule has 5 heteroatoms. The van der Waals surface area contributed by atoms with Crippen molar-refractivity contribution in [3.63, 3.8) is 0 Å². The standard InChI is InChI=1S/C9H22N2O2S/c1-9(2,3)6-5-8(11-10)7-14(4,12)13/h8,11H,5-7,10H2,1-4H3. The molecule has 0 saturated heterocycles. The Morgan fingerprint density at radius 1 is 1.36 bits per heavy atom. The number of hydrazine groups is 1. The van der Waals surface area contributed by atoms with Crippen LogP contribution < -0.4 is 11.3 Å². The molecule has 4 nitrogen and oxygen atoms in total. The summed E-state index contributed by atoms with van der Waals surface area (Å²) in [5.74, 6) is 5.41. The van der Waals surface area contributed by atoms with E-state index in [9.17, 15) is 8.42 Å². The van der Waals surface area contributed by atoms with Gasteiger partial charge in [0.2, 0.25) is 0 Å². The van der Waals surface area contributed by atoms with E-state index in [4.69, 9.17) is 5.84 Å².